The van der Waals surface area contributed by atoms with Crippen LogP contribution in [0.4, 0.5) is 0 Å². The highest BCUT2D eigenvalue weighted by molar-refractivity contribution is 9.10. The highest BCUT2D eigenvalue weighted by Crippen LogP contribution is 2.20. The van der Waals surface area contributed by atoms with Gasteiger partial charge >= 0.3 is 0 Å². The molecule has 2 aromatic rings. The Labute approximate surface area is 115 Å². The Morgan fingerprint density at radius 2 is 2.12 bits per heavy atom. The SMILES string of the molecule is Cc1ccc(CN[C@@H](C)c2cccc(Br)c2)s1. The molecule has 0 aliphatic carbocycles. The Bertz CT molecular complexity index is 492. The first kappa shape index (κ1) is 12.8. The molecule has 1 heterocycles. The zero-order valence-electron chi connectivity index (χ0n) is 10.0. The highest BCUT2D eigenvalue weighted by Gasteiger charge is 2.05. The van der Waals surface area contributed by atoms with Crippen molar-refractivity contribution in [3.8, 4) is 0 Å². The summed E-state index contributed by atoms with van der Waals surface area (Å²) in [5.74, 6) is 0. The molecule has 0 amide bonds. The largest absolute Gasteiger partial charge is 0.305 e. The van der Waals surface area contributed by atoms with Gasteiger partial charge in [0.1, 0.15) is 0 Å². The van der Waals surface area contributed by atoms with Crippen molar-refractivity contribution in [2.45, 2.75) is 26.4 Å². The van der Waals surface area contributed by atoms with Crippen LogP contribution in [0.1, 0.15) is 28.3 Å². The highest BCUT2D eigenvalue weighted by atomic mass is 79.9. The fourth-order valence-electron chi connectivity index (χ4n) is 1.73. The summed E-state index contributed by atoms with van der Waals surface area (Å²) in [6.07, 6.45) is 0. The summed E-state index contributed by atoms with van der Waals surface area (Å²) in [7, 11) is 0. The van der Waals surface area contributed by atoms with E-state index in [0.717, 1.165) is 11.0 Å². The molecule has 0 unspecified atom stereocenters. The van der Waals surface area contributed by atoms with Crippen molar-refractivity contribution in [1.29, 1.82) is 0 Å². The molecule has 0 radical (unpaired) electrons. The van der Waals surface area contributed by atoms with Crippen molar-refractivity contribution in [3.63, 3.8) is 0 Å². The summed E-state index contributed by atoms with van der Waals surface area (Å²) in [5.41, 5.74) is 1.31. The molecule has 2 rings (SSSR count). The van der Waals surface area contributed by atoms with Gasteiger partial charge in [0.25, 0.3) is 0 Å². The van der Waals surface area contributed by atoms with Crippen molar-refractivity contribution in [3.05, 3.63) is 56.2 Å². The first-order chi connectivity index (χ1) is 8.15. The maximum atomic E-state index is 3.55. The van der Waals surface area contributed by atoms with Gasteiger partial charge in [-0.1, -0.05) is 28.1 Å². The van der Waals surface area contributed by atoms with Gasteiger partial charge < -0.3 is 5.32 Å². The van der Waals surface area contributed by atoms with Gasteiger partial charge in [0.2, 0.25) is 0 Å². The Kier molecular flexibility index (Phi) is 4.37. The van der Waals surface area contributed by atoms with Crippen LogP contribution >= 0.6 is 27.3 Å². The maximum absolute atomic E-state index is 3.55. The monoisotopic (exact) mass is 309 g/mol. The van der Waals surface area contributed by atoms with Crippen molar-refractivity contribution in [1.82, 2.24) is 5.32 Å². The summed E-state index contributed by atoms with van der Waals surface area (Å²) in [5, 5.41) is 3.55. The van der Waals surface area contributed by atoms with Crippen LogP contribution in [0.3, 0.4) is 0 Å². The molecule has 0 saturated carbocycles. The third-order valence-electron chi connectivity index (χ3n) is 2.73. The number of aryl methyl sites for hydroxylation is 1. The molecule has 1 nitrogen and oxygen atoms in total. The van der Waals surface area contributed by atoms with Crippen LogP contribution in [0.5, 0.6) is 0 Å². The first-order valence-electron chi connectivity index (χ1n) is 5.69. The molecule has 0 saturated heterocycles. The second-order valence-corrected chi connectivity index (χ2v) is 6.46. The zero-order valence-corrected chi connectivity index (χ0v) is 12.4. The lowest BCUT2D eigenvalue weighted by molar-refractivity contribution is 0.578. The number of halogens is 1. The van der Waals surface area contributed by atoms with Crippen LogP contribution in [-0.2, 0) is 6.54 Å². The van der Waals surface area contributed by atoms with Crippen LogP contribution in [0, 0.1) is 6.92 Å². The molecule has 1 aromatic heterocycles. The summed E-state index contributed by atoms with van der Waals surface area (Å²) in [6.45, 7) is 5.28. The number of nitrogens with one attached hydrogen (secondary N) is 1. The summed E-state index contributed by atoms with van der Waals surface area (Å²) < 4.78 is 1.13. The second-order valence-electron chi connectivity index (χ2n) is 4.17. The van der Waals surface area contributed by atoms with E-state index in [-0.39, 0.29) is 0 Å². The van der Waals surface area contributed by atoms with Gasteiger partial charge in [-0.05, 0) is 43.7 Å². The Morgan fingerprint density at radius 3 is 2.76 bits per heavy atom. The molecule has 0 fully saturated rings. The summed E-state index contributed by atoms with van der Waals surface area (Å²) in [6, 6.07) is 13.2. The van der Waals surface area contributed by atoms with Crippen LogP contribution in [0.25, 0.3) is 0 Å². The van der Waals surface area contributed by atoms with Crippen molar-refractivity contribution < 1.29 is 0 Å². The molecule has 3 heteroatoms. The van der Waals surface area contributed by atoms with Crippen molar-refractivity contribution >= 4 is 27.3 Å². The molecular weight excluding hydrogens is 294 g/mol. The van der Waals surface area contributed by atoms with E-state index >= 15 is 0 Å². The van der Waals surface area contributed by atoms with Gasteiger partial charge in [0.15, 0.2) is 0 Å². The van der Waals surface area contributed by atoms with Crippen molar-refractivity contribution in [2.24, 2.45) is 0 Å². The van der Waals surface area contributed by atoms with Crippen LogP contribution in [0.2, 0.25) is 0 Å². The van der Waals surface area contributed by atoms with E-state index in [9.17, 15) is 0 Å². The van der Waals surface area contributed by atoms with E-state index in [2.05, 4.69) is 71.5 Å². The van der Waals surface area contributed by atoms with Gasteiger partial charge in [-0.3, -0.25) is 0 Å². The van der Waals surface area contributed by atoms with E-state index in [1.54, 1.807) is 0 Å². The minimum atomic E-state index is 0.370. The molecule has 90 valence electrons. The normalized spacial score (nSPS) is 12.6. The number of benzene rings is 1. The van der Waals surface area contributed by atoms with Gasteiger partial charge in [-0.2, -0.15) is 0 Å². The molecule has 0 aliphatic heterocycles. The standard InChI is InChI=1S/C14H16BrNS/c1-10-6-7-14(17-10)9-16-11(2)12-4-3-5-13(15)8-12/h3-8,11,16H,9H2,1-2H3/t11-/m0/s1. The van der Waals surface area contributed by atoms with Crippen molar-refractivity contribution in [2.75, 3.05) is 0 Å². The molecule has 1 atom stereocenters. The average molecular weight is 310 g/mol. The minimum absolute atomic E-state index is 0.370. The fourth-order valence-corrected chi connectivity index (χ4v) is 2.99. The van der Waals surface area contributed by atoms with Crippen LogP contribution in [0.15, 0.2) is 40.9 Å². The predicted molar refractivity (Wildman–Crippen MR) is 78.5 cm³/mol. The van der Waals surface area contributed by atoms with Gasteiger partial charge in [0.05, 0.1) is 0 Å². The minimum Gasteiger partial charge on any atom is -0.305 e. The lowest BCUT2D eigenvalue weighted by Crippen LogP contribution is -2.17. The van der Waals surface area contributed by atoms with Gasteiger partial charge in [-0.25, -0.2) is 0 Å². The first-order valence-corrected chi connectivity index (χ1v) is 7.30. The summed E-state index contributed by atoms with van der Waals surface area (Å²) in [4.78, 5) is 2.77. The summed E-state index contributed by atoms with van der Waals surface area (Å²) >= 11 is 5.36. The lowest BCUT2D eigenvalue weighted by atomic mass is 10.1. The van der Waals surface area contributed by atoms with E-state index < -0.39 is 0 Å². The third kappa shape index (κ3) is 3.66. The van der Waals surface area contributed by atoms with Crippen LogP contribution in [-0.4, -0.2) is 0 Å². The average Bonchev–Trinajstić information content (AvgIpc) is 2.72. The second kappa shape index (κ2) is 5.80. The molecule has 17 heavy (non-hydrogen) atoms. The number of thiophene rings is 1. The number of hydrogen-bond acceptors (Lipinski definition) is 2. The van der Waals surface area contributed by atoms with E-state index in [1.165, 1.54) is 15.3 Å². The van der Waals surface area contributed by atoms with Gasteiger partial charge in [0, 0.05) is 26.8 Å². The predicted octanol–water partition coefficient (Wildman–Crippen LogP) is 4.67. The van der Waals surface area contributed by atoms with E-state index in [1.807, 2.05) is 11.3 Å². The topological polar surface area (TPSA) is 12.0 Å². The Hall–Kier alpha value is -0.640. The fraction of sp³-hybridized carbons (Fsp3) is 0.286. The third-order valence-corrected chi connectivity index (χ3v) is 4.22. The van der Waals surface area contributed by atoms with E-state index in [0.29, 0.717) is 6.04 Å². The maximum Gasteiger partial charge on any atom is 0.0305 e. The quantitative estimate of drug-likeness (QED) is 0.865. The zero-order chi connectivity index (χ0) is 12.3. The smallest absolute Gasteiger partial charge is 0.0305 e. The molecule has 1 aromatic carbocycles. The Morgan fingerprint density at radius 1 is 1.29 bits per heavy atom. The number of rotatable bonds is 4. The lowest BCUT2D eigenvalue weighted by Gasteiger charge is -2.13. The molecule has 0 aliphatic rings. The number of hydrogen-bond donors (Lipinski definition) is 1. The molecule has 0 bridgehead atoms. The molecule has 1 N–H and O–H groups in total. The van der Waals surface area contributed by atoms with E-state index in [4.69, 9.17) is 0 Å². The van der Waals surface area contributed by atoms with Gasteiger partial charge in [-0.15, -0.1) is 11.3 Å². The van der Waals surface area contributed by atoms with Crippen LogP contribution < -0.4 is 5.32 Å². The molecular formula is C14H16BrNS. The molecule has 0 spiro atoms. The Balaban J connectivity index is 1.95.